The Balaban J connectivity index is 2.23. The van der Waals surface area contributed by atoms with E-state index in [1.165, 1.54) is 18.2 Å². The van der Waals surface area contributed by atoms with Crippen molar-refractivity contribution in [3.8, 4) is 5.75 Å². The topological polar surface area (TPSA) is 111 Å². The second-order valence-electron chi connectivity index (χ2n) is 5.54. The number of carbonyl (C=O) groups is 1. The fraction of sp³-hybridized carbons (Fsp3) is 0.500. The van der Waals surface area contributed by atoms with Gasteiger partial charge in [0, 0.05) is 17.1 Å². The van der Waals surface area contributed by atoms with Crippen LogP contribution in [0.25, 0.3) is 0 Å². The molecule has 7 nitrogen and oxygen atoms in total. The Hall–Kier alpha value is -1.35. The average Bonchev–Trinajstić information content (AvgIpc) is 2.45. The van der Waals surface area contributed by atoms with E-state index in [9.17, 15) is 13.2 Å². The Morgan fingerprint density at radius 2 is 2.26 bits per heavy atom. The minimum atomic E-state index is -3.82. The van der Waals surface area contributed by atoms with Gasteiger partial charge in [-0.1, -0.05) is 11.6 Å². The van der Waals surface area contributed by atoms with Crippen molar-refractivity contribution in [1.29, 1.82) is 0 Å². The summed E-state index contributed by atoms with van der Waals surface area (Å²) < 4.78 is 33.1. The fourth-order valence-corrected chi connectivity index (χ4v) is 4.17. The molecule has 0 aliphatic carbocycles. The standard InChI is InChI=1S/C14H20ClN3O4S/c1-9-6-11(4-5-17-9)18-23(20,21)13-7-10(15)2-3-12(13)22-8-14(16)19/h2-3,7,9,11,17-18H,4-6,8H2,1H3,(H2,16,19). The smallest absolute Gasteiger partial charge is 0.255 e. The summed E-state index contributed by atoms with van der Waals surface area (Å²) in [4.78, 5) is 10.8. The van der Waals surface area contributed by atoms with E-state index in [2.05, 4.69) is 10.0 Å². The molecular formula is C14H20ClN3O4S. The van der Waals surface area contributed by atoms with Crippen molar-refractivity contribution in [2.75, 3.05) is 13.2 Å². The Bertz CT molecular complexity index is 681. The van der Waals surface area contributed by atoms with Gasteiger partial charge in [0.25, 0.3) is 5.91 Å². The van der Waals surface area contributed by atoms with Gasteiger partial charge in [-0.3, -0.25) is 4.79 Å². The van der Waals surface area contributed by atoms with E-state index in [0.29, 0.717) is 12.8 Å². The van der Waals surface area contributed by atoms with E-state index in [4.69, 9.17) is 22.1 Å². The van der Waals surface area contributed by atoms with Crippen LogP contribution in [0.15, 0.2) is 23.1 Å². The number of sulfonamides is 1. The molecule has 1 aliphatic rings. The lowest BCUT2D eigenvalue weighted by atomic mass is 10.0. The van der Waals surface area contributed by atoms with Crippen LogP contribution >= 0.6 is 11.6 Å². The minimum Gasteiger partial charge on any atom is -0.482 e. The van der Waals surface area contributed by atoms with Gasteiger partial charge in [0.2, 0.25) is 10.0 Å². The van der Waals surface area contributed by atoms with Gasteiger partial charge in [0.15, 0.2) is 6.61 Å². The predicted molar refractivity (Wildman–Crippen MR) is 86.9 cm³/mol. The maximum Gasteiger partial charge on any atom is 0.255 e. The Morgan fingerprint density at radius 3 is 2.91 bits per heavy atom. The summed E-state index contributed by atoms with van der Waals surface area (Å²) in [5, 5.41) is 3.52. The monoisotopic (exact) mass is 361 g/mol. The van der Waals surface area contributed by atoms with E-state index in [1.54, 1.807) is 0 Å². The summed E-state index contributed by atoms with van der Waals surface area (Å²) in [6.45, 7) is 2.34. The number of nitrogens with one attached hydrogen (secondary N) is 2. The Morgan fingerprint density at radius 1 is 1.52 bits per heavy atom. The number of piperidine rings is 1. The third-order valence-electron chi connectivity index (χ3n) is 3.51. The van der Waals surface area contributed by atoms with E-state index >= 15 is 0 Å². The van der Waals surface area contributed by atoms with E-state index in [0.717, 1.165) is 6.54 Å². The van der Waals surface area contributed by atoms with Gasteiger partial charge in [0.1, 0.15) is 10.6 Å². The van der Waals surface area contributed by atoms with Gasteiger partial charge < -0.3 is 15.8 Å². The molecule has 9 heteroatoms. The zero-order chi connectivity index (χ0) is 17.0. The highest BCUT2D eigenvalue weighted by Crippen LogP contribution is 2.28. The van der Waals surface area contributed by atoms with Crippen molar-refractivity contribution in [3.63, 3.8) is 0 Å². The number of hydrogen-bond donors (Lipinski definition) is 3. The van der Waals surface area contributed by atoms with Crippen molar-refractivity contribution in [2.24, 2.45) is 5.73 Å². The molecule has 0 saturated carbocycles. The maximum atomic E-state index is 12.6. The highest BCUT2D eigenvalue weighted by atomic mass is 35.5. The first-order valence-electron chi connectivity index (χ1n) is 7.24. The minimum absolute atomic E-state index is 0.0442. The molecule has 2 rings (SSSR count). The zero-order valence-electron chi connectivity index (χ0n) is 12.7. The van der Waals surface area contributed by atoms with Crippen molar-refractivity contribution in [1.82, 2.24) is 10.0 Å². The summed E-state index contributed by atoms with van der Waals surface area (Å²) in [5.41, 5.74) is 5.03. The molecule has 0 spiro atoms. The van der Waals surface area contributed by atoms with Crippen LogP contribution in [0.1, 0.15) is 19.8 Å². The van der Waals surface area contributed by atoms with Gasteiger partial charge in [-0.05, 0) is 44.5 Å². The van der Waals surface area contributed by atoms with Crippen molar-refractivity contribution < 1.29 is 17.9 Å². The van der Waals surface area contributed by atoms with Crippen molar-refractivity contribution in [2.45, 2.75) is 36.7 Å². The lowest BCUT2D eigenvalue weighted by molar-refractivity contribution is -0.120. The quantitative estimate of drug-likeness (QED) is 0.688. The lowest BCUT2D eigenvalue weighted by Crippen LogP contribution is -2.46. The van der Waals surface area contributed by atoms with Gasteiger partial charge in [-0.25, -0.2) is 13.1 Å². The molecule has 0 bridgehead atoms. The first kappa shape index (κ1) is 18.0. The maximum absolute atomic E-state index is 12.6. The largest absolute Gasteiger partial charge is 0.482 e. The van der Waals surface area contributed by atoms with Crippen LogP contribution in [-0.4, -0.2) is 39.6 Å². The first-order chi connectivity index (χ1) is 10.8. The second kappa shape index (κ2) is 7.48. The van der Waals surface area contributed by atoms with E-state index < -0.39 is 22.5 Å². The molecule has 1 fully saturated rings. The third-order valence-corrected chi connectivity index (χ3v) is 5.29. The van der Waals surface area contributed by atoms with Gasteiger partial charge >= 0.3 is 0 Å². The van der Waals surface area contributed by atoms with Crippen LogP contribution in [-0.2, 0) is 14.8 Å². The number of rotatable bonds is 6. The average molecular weight is 362 g/mol. The lowest BCUT2D eigenvalue weighted by Gasteiger charge is -2.28. The van der Waals surface area contributed by atoms with Gasteiger partial charge in [0.05, 0.1) is 0 Å². The third kappa shape index (κ3) is 5.07. The number of hydrogen-bond acceptors (Lipinski definition) is 5. The summed E-state index contributed by atoms with van der Waals surface area (Å²) in [7, 11) is -3.82. The molecular weight excluding hydrogens is 342 g/mol. The number of halogens is 1. The Kier molecular flexibility index (Phi) is 5.85. The number of primary amides is 1. The number of carbonyl (C=O) groups excluding carboxylic acids is 1. The SMILES string of the molecule is CC1CC(NS(=O)(=O)c2cc(Cl)ccc2OCC(N)=O)CCN1. The molecule has 23 heavy (non-hydrogen) atoms. The van der Waals surface area contributed by atoms with E-state index in [-0.39, 0.29) is 27.8 Å². The first-order valence-corrected chi connectivity index (χ1v) is 9.10. The summed E-state index contributed by atoms with van der Waals surface area (Å²) >= 11 is 5.90. The number of amides is 1. The highest BCUT2D eigenvalue weighted by Gasteiger charge is 2.27. The molecule has 0 aromatic heterocycles. The molecule has 128 valence electrons. The van der Waals surface area contributed by atoms with Crippen LogP contribution in [0, 0.1) is 0 Å². The molecule has 2 atom stereocenters. The second-order valence-corrected chi connectivity index (χ2v) is 7.66. The summed E-state index contributed by atoms with van der Waals surface area (Å²) in [5.74, 6) is -0.647. The zero-order valence-corrected chi connectivity index (χ0v) is 14.3. The van der Waals surface area contributed by atoms with Crippen LogP contribution in [0.5, 0.6) is 5.75 Å². The van der Waals surface area contributed by atoms with Crippen LogP contribution < -0.4 is 20.5 Å². The summed E-state index contributed by atoms with van der Waals surface area (Å²) in [6, 6.07) is 4.26. The molecule has 1 heterocycles. The van der Waals surface area contributed by atoms with Crippen LogP contribution in [0.2, 0.25) is 5.02 Å². The van der Waals surface area contributed by atoms with Crippen molar-refractivity contribution >= 4 is 27.5 Å². The van der Waals surface area contributed by atoms with Crippen LogP contribution in [0.3, 0.4) is 0 Å². The van der Waals surface area contributed by atoms with Crippen molar-refractivity contribution in [3.05, 3.63) is 23.2 Å². The number of ether oxygens (including phenoxy) is 1. The number of benzene rings is 1. The highest BCUT2D eigenvalue weighted by molar-refractivity contribution is 7.89. The summed E-state index contributed by atoms with van der Waals surface area (Å²) in [6.07, 6.45) is 1.39. The van der Waals surface area contributed by atoms with Gasteiger partial charge in [-0.15, -0.1) is 0 Å². The molecule has 1 saturated heterocycles. The molecule has 0 radical (unpaired) electrons. The molecule has 1 aliphatic heterocycles. The molecule has 1 aromatic rings. The molecule has 1 amide bonds. The molecule has 2 unspecified atom stereocenters. The predicted octanol–water partition coefficient (Wildman–Crippen LogP) is 0.623. The van der Waals surface area contributed by atoms with E-state index in [1.807, 2.05) is 6.92 Å². The molecule has 1 aromatic carbocycles. The normalized spacial score (nSPS) is 21.8. The van der Waals surface area contributed by atoms with Crippen LogP contribution in [0.4, 0.5) is 0 Å². The Labute approximate surface area is 140 Å². The van der Waals surface area contributed by atoms with Gasteiger partial charge in [-0.2, -0.15) is 0 Å². The fourth-order valence-electron chi connectivity index (χ4n) is 2.48. The molecule has 4 N–H and O–H groups in total. The number of nitrogens with two attached hydrogens (primary N) is 1.